The number of hydrogen-bond acceptors (Lipinski definition) is 4. The Labute approximate surface area is 153 Å². The third-order valence-electron chi connectivity index (χ3n) is 5.22. The minimum atomic E-state index is -0.464. The summed E-state index contributed by atoms with van der Waals surface area (Å²) in [4.78, 5) is 39.0. The lowest BCUT2D eigenvalue weighted by molar-refractivity contribution is -0.135. The number of hydrogen-bond donors (Lipinski definition) is 1. The van der Waals surface area contributed by atoms with Crippen LogP contribution in [0.4, 0.5) is 5.69 Å². The van der Waals surface area contributed by atoms with Crippen LogP contribution in [0.1, 0.15) is 43.5 Å². The molecule has 1 saturated heterocycles. The highest BCUT2D eigenvalue weighted by atomic mass is 16.5. The Morgan fingerprint density at radius 2 is 1.85 bits per heavy atom. The maximum absolute atomic E-state index is 12.6. The first-order valence-electron chi connectivity index (χ1n) is 9.37. The molecule has 1 saturated carbocycles. The summed E-state index contributed by atoms with van der Waals surface area (Å²) >= 11 is 0. The number of nitrogens with one attached hydrogen (secondary N) is 1. The first-order valence-corrected chi connectivity index (χ1v) is 9.37. The molecule has 2 atom stereocenters. The first-order chi connectivity index (χ1) is 12.5. The molecule has 2 fully saturated rings. The molecule has 0 bridgehead atoms. The van der Waals surface area contributed by atoms with Crippen molar-refractivity contribution in [1.82, 2.24) is 4.90 Å². The van der Waals surface area contributed by atoms with Crippen LogP contribution in [0.3, 0.4) is 0 Å². The molecule has 1 N–H and O–H groups in total. The summed E-state index contributed by atoms with van der Waals surface area (Å²) in [5.41, 5.74) is 0.761. The Morgan fingerprint density at radius 3 is 2.54 bits per heavy atom. The fourth-order valence-corrected chi connectivity index (χ4v) is 3.43. The molecule has 2 unspecified atom stereocenters. The van der Waals surface area contributed by atoms with Crippen molar-refractivity contribution in [3.8, 4) is 0 Å². The highest BCUT2D eigenvalue weighted by Crippen LogP contribution is 2.41. The second-order valence-corrected chi connectivity index (χ2v) is 7.21. The highest BCUT2D eigenvalue weighted by Gasteiger charge is 2.49. The number of anilines is 1. The molecule has 1 heterocycles. The van der Waals surface area contributed by atoms with E-state index in [-0.39, 0.29) is 30.3 Å². The van der Waals surface area contributed by atoms with Crippen molar-refractivity contribution in [3.05, 3.63) is 29.8 Å². The van der Waals surface area contributed by atoms with Crippen LogP contribution in [0.2, 0.25) is 0 Å². The van der Waals surface area contributed by atoms with E-state index in [9.17, 15) is 14.4 Å². The lowest BCUT2D eigenvalue weighted by atomic mass is 9.99. The van der Waals surface area contributed by atoms with Gasteiger partial charge in [-0.15, -0.1) is 0 Å². The molecule has 2 amide bonds. The molecule has 1 aromatic carbocycles. The Kier molecular flexibility index (Phi) is 5.59. The summed E-state index contributed by atoms with van der Waals surface area (Å²) in [6.07, 6.45) is 2.64. The van der Waals surface area contributed by atoms with Gasteiger partial charge >= 0.3 is 5.97 Å². The van der Waals surface area contributed by atoms with Crippen LogP contribution in [-0.2, 0) is 14.3 Å². The Hall–Kier alpha value is -2.37. The Bertz CT molecular complexity index is 695. The summed E-state index contributed by atoms with van der Waals surface area (Å²) in [5, 5.41) is 2.80. The van der Waals surface area contributed by atoms with E-state index in [0.29, 0.717) is 23.6 Å². The SMILES string of the molecule is CCOC(=O)c1ccccc1NC(=O)C1CC1C(=O)N1CCC(C)CC1. The second kappa shape index (κ2) is 7.89. The summed E-state index contributed by atoms with van der Waals surface area (Å²) in [7, 11) is 0. The standard InChI is InChI=1S/C20H26N2O4/c1-3-26-20(25)14-6-4-5-7-17(14)21-18(23)15-12-16(15)19(24)22-10-8-13(2)9-11-22/h4-7,13,15-16H,3,8-12H2,1-2H3,(H,21,23). The van der Waals surface area contributed by atoms with Crippen molar-refractivity contribution < 1.29 is 19.1 Å². The van der Waals surface area contributed by atoms with Crippen molar-refractivity contribution in [3.63, 3.8) is 0 Å². The number of benzene rings is 1. The van der Waals surface area contributed by atoms with Gasteiger partial charge in [0.1, 0.15) is 0 Å². The van der Waals surface area contributed by atoms with E-state index in [2.05, 4.69) is 12.2 Å². The van der Waals surface area contributed by atoms with Crippen molar-refractivity contribution >= 4 is 23.5 Å². The third kappa shape index (κ3) is 4.06. The number of nitrogens with zero attached hydrogens (tertiary/aromatic N) is 1. The van der Waals surface area contributed by atoms with Gasteiger partial charge in [-0.05, 0) is 44.2 Å². The zero-order chi connectivity index (χ0) is 18.7. The Balaban J connectivity index is 1.59. The molecule has 6 heteroatoms. The lowest BCUT2D eigenvalue weighted by Gasteiger charge is -2.30. The van der Waals surface area contributed by atoms with E-state index in [1.165, 1.54) is 0 Å². The van der Waals surface area contributed by atoms with Gasteiger partial charge < -0.3 is 15.0 Å². The van der Waals surface area contributed by atoms with E-state index >= 15 is 0 Å². The number of rotatable bonds is 5. The van der Waals surface area contributed by atoms with Crippen molar-refractivity contribution in [2.75, 3.05) is 25.0 Å². The number of esters is 1. The third-order valence-corrected chi connectivity index (χ3v) is 5.22. The molecule has 0 radical (unpaired) electrons. The van der Waals surface area contributed by atoms with E-state index in [4.69, 9.17) is 4.74 Å². The van der Waals surface area contributed by atoms with Crippen molar-refractivity contribution in [1.29, 1.82) is 0 Å². The molecular weight excluding hydrogens is 332 g/mol. The van der Waals surface area contributed by atoms with E-state index in [1.807, 2.05) is 4.90 Å². The van der Waals surface area contributed by atoms with Crippen LogP contribution < -0.4 is 5.32 Å². The lowest BCUT2D eigenvalue weighted by Crippen LogP contribution is -2.39. The van der Waals surface area contributed by atoms with E-state index in [0.717, 1.165) is 25.9 Å². The van der Waals surface area contributed by atoms with E-state index < -0.39 is 5.97 Å². The molecule has 1 aliphatic carbocycles. The maximum atomic E-state index is 12.6. The molecule has 26 heavy (non-hydrogen) atoms. The molecule has 3 rings (SSSR count). The van der Waals surface area contributed by atoms with Crippen LogP contribution >= 0.6 is 0 Å². The molecule has 1 aromatic rings. The van der Waals surface area contributed by atoms with Crippen molar-refractivity contribution in [2.45, 2.75) is 33.1 Å². The summed E-state index contributed by atoms with van der Waals surface area (Å²) in [6.45, 7) is 5.79. The average Bonchev–Trinajstić information content (AvgIpc) is 3.43. The molecule has 1 aliphatic heterocycles. The minimum Gasteiger partial charge on any atom is -0.462 e. The normalized spacial score (nSPS) is 22.6. The van der Waals surface area contributed by atoms with Gasteiger partial charge in [-0.2, -0.15) is 0 Å². The highest BCUT2D eigenvalue weighted by molar-refractivity contribution is 6.04. The molecular formula is C20H26N2O4. The van der Waals surface area contributed by atoms with Crippen LogP contribution in [0, 0.1) is 17.8 Å². The zero-order valence-corrected chi connectivity index (χ0v) is 15.4. The Morgan fingerprint density at radius 1 is 1.15 bits per heavy atom. The zero-order valence-electron chi connectivity index (χ0n) is 15.4. The fraction of sp³-hybridized carbons (Fsp3) is 0.550. The number of amides is 2. The van der Waals surface area contributed by atoms with Gasteiger partial charge in [-0.25, -0.2) is 4.79 Å². The molecule has 6 nitrogen and oxygen atoms in total. The summed E-state index contributed by atoms with van der Waals surface area (Å²) < 4.78 is 5.02. The second-order valence-electron chi connectivity index (χ2n) is 7.21. The van der Waals surface area contributed by atoms with Gasteiger partial charge in [0, 0.05) is 13.1 Å². The summed E-state index contributed by atoms with van der Waals surface area (Å²) in [5.74, 6) is -0.442. The van der Waals surface area contributed by atoms with Crippen LogP contribution in [0.25, 0.3) is 0 Å². The van der Waals surface area contributed by atoms with Crippen LogP contribution in [0.5, 0.6) is 0 Å². The van der Waals surface area contributed by atoms with E-state index in [1.54, 1.807) is 31.2 Å². The monoisotopic (exact) mass is 358 g/mol. The number of piperidine rings is 1. The number of ether oxygens (including phenoxy) is 1. The van der Waals surface area contributed by atoms with Gasteiger partial charge in [0.2, 0.25) is 11.8 Å². The van der Waals surface area contributed by atoms with Crippen molar-refractivity contribution in [2.24, 2.45) is 17.8 Å². The fourth-order valence-electron chi connectivity index (χ4n) is 3.43. The molecule has 0 spiro atoms. The number of likely N-dealkylation sites (tertiary alicyclic amines) is 1. The van der Waals surface area contributed by atoms with Gasteiger partial charge in [0.05, 0.1) is 29.7 Å². The summed E-state index contributed by atoms with van der Waals surface area (Å²) in [6, 6.07) is 6.78. The number of carbonyl (C=O) groups is 3. The topological polar surface area (TPSA) is 75.7 Å². The van der Waals surface area contributed by atoms with Gasteiger partial charge in [-0.3, -0.25) is 9.59 Å². The van der Waals surface area contributed by atoms with Gasteiger partial charge in [0.15, 0.2) is 0 Å². The quantitative estimate of drug-likeness (QED) is 0.821. The predicted molar refractivity (Wildman–Crippen MR) is 97.6 cm³/mol. The van der Waals surface area contributed by atoms with Crippen LogP contribution in [-0.4, -0.2) is 42.4 Å². The largest absolute Gasteiger partial charge is 0.462 e. The smallest absolute Gasteiger partial charge is 0.340 e. The predicted octanol–water partition coefficient (Wildman–Crippen LogP) is 2.70. The average molecular weight is 358 g/mol. The first kappa shape index (κ1) is 18.4. The minimum absolute atomic E-state index is 0.0933. The number of para-hydroxylation sites is 1. The molecule has 2 aliphatic rings. The molecule has 140 valence electrons. The number of carbonyl (C=O) groups excluding carboxylic acids is 3. The molecule has 0 aromatic heterocycles. The van der Waals surface area contributed by atoms with Crippen LogP contribution in [0.15, 0.2) is 24.3 Å². The van der Waals surface area contributed by atoms with Gasteiger partial charge in [0.25, 0.3) is 0 Å². The van der Waals surface area contributed by atoms with Gasteiger partial charge in [-0.1, -0.05) is 19.1 Å². The maximum Gasteiger partial charge on any atom is 0.340 e.